The molecule has 2 nitrogen and oxygen atoms in total. The Morgan fingerprint density at radius 2 is 2.25 bits per heavy atom. The Kier molecular flexibility index (Phi) is 4.62. The molecule has 0 bridgehead atoms. The maximum Gasteiger partial charge on any atom is 0.0574 e. The molecule has 0 amide bonds. The van der Waals surface area contributed by atoms with E-state index < -0.39 is 0 Å². The summed E-state index contributed by atoms with van der Waals surface area (Å²) in [5.41, 5.74) is 0. The molecule has 0 aromatic carbocycles. The summed E-state index contributed by atoms with van der Waals surface area (Å²) in [5, 5.41) is 3.41. The molecule has 0 radical (unpaired) electrons. The van der Waals surface area contributed by atoms with Crippen LogP contribution in [0.3, 0.4) is 0 Å². The van der Waals surface area contributed by atoms with Gasteiger partial charge in [-0.2, -0.15) is 0 Å². The van der Waals surface area contributed by atoms with E-state index in [2.05, 4.69) is 12.2 Å². The van der Waals surface area contributed by atoms with Crippen LogP contribution in [0.2, 0.25) is 0 Å². The molecule has 0 aromatic rings. The highest BCUT2D eigenvalue weighted by molar-refractivity contribution is 4.74. The van der Waals surface area contributed by atoms with E-state index in [1.165, 1.54) is 32.2 Å². The molecule has 1 rings (SSSR count). The summed E-state index contributed by atoms with van der Waals surface area (Å²) in [6.07, 6.45) is 5.77. The van der Waals surface area contributed by atoms with Gasteiger partial charge in [-0.1, -0.05) is 13.3 Å². The highest BCUT2D eigenvalue weighted by Crippen LogP contribution is 2.25. The topological polar surface area (TPSA) is 21.3 Å². The van der Waals surface area contributed by atoms with Gasteiger partial charge in [0, 0.05) is 7.11 Å². The number of nitrogens with one attached hydrogen (secondary N) is 1. The van der Waals surface area contributed by atoms with E-state index in [0.29, 0.717) is 6.10 Å². The Hall–Kier alpha value is -0.0800. The zero-order chi connectivity index (χ0) is 8.81. The minimum absolute atomic E-state index is 0.530. The lowest BCUT2D eigenvalue weighted by molar-refractivity contribution is 0.0508. The standard InChI is InChI=1S/C10H21NO/c1-3-11-8-9-5-4-6-10(7-9)12-2/h9-11H,3-8H2,1-2H3. The molecule has 1 aliphatic carbocycles. The van der Waals surface area contributed by atoms with E-state index in [-0.39, 0.29) is 0 Å². The molecule has 2 unspecified atom stereocenters. The van der Waals surface area contributed by atoms with Crippen molar-refractivity contribution >= 4 is 0 Å². The quantitative estimate of drug-likeness (QED) is 0.696. The number of ether oxygens (including phenoxy) is 1. The smallest absolute Gasteiger partial charge is 0.0574 e. The molecule has 2 atom stereocenters. The third-order valence-corrected chi connectivity index (χ3v) is 2.75. The molecule has 0 heterocycles. The summed E-state index contributed by atoms with van der Waals surface area (Å²) >= 11 is 0. The molecular weight excluding hydrogens is 150 g/mol. The normalized spacial score (nSPS) is 30.5. The van der Waals surface area contributed by atoms with E-state index in [4.69, 9.17) is 4.74 Å². The molecule has 2 heteroatoms. The Bertz CT molecular complexity index is 116. The lowest BCUT2D eigenvalue weighted by Gasteiger charge is -2.28. The van der Waals surface area contributed by atoms with Crippen molar-refractivity contribution in [3.05, 3.63) is 0 Å². The second-order valence-electron chi connectivity index (χ2n) is 3.70. The third kappa shape index (κ3) is 3.11. The van der Waals surface area contributed by atoms with Crippen LogP contribution in [0.5, 0.6) is 0 Å². The molecular formula is C10H21NO. The van der Waals surface area contributed by atoms with Crippen molar-refractivity contribution in [2.45, 2.75) is 38.7 Å². The summed E-state index contributed by atoms with van der Waals surface area (Å²) in [5.74, 6) is 0.851. The first-order chi connectivity index (χ1) is 5.86. The summed E-state index contributed by atoms with van der Waals surface area (Å²) in [6, 6.07) is 0. The fraction of sp³-hybridized carbons (Fsp3) is 1.00. The van der Waals surface area contributed by atoms with E-state index in [0.717, 1.165) is 12.5 Å². The predicted molar refractivity (Wildman–Crippen MR) is 51.3 cm³/mol. The van der Waals surface area contributed by atoms with Crippen LogP contribution in [0.1, 0.15) is 32.6 Å². The van der Waals surface area contributed by atoms with Crippen LogP contribution < -0.4 is 5.32 Å². The van der Waals surface area contributed by atoms with Crippen LogP contribution in [0, 0.1) is 5.92 Å². The van der Waals surface area contributed by atoms with E-state index in [1.807, 2.05) is 7.11 Å². The average Bonchev–Trinajstić information content (AvgIpc) is 2.15. The molecule has 1 aliphatic rings. The van der Waals surface area contributed by atoms with Crippen LogP contribution in [0.15, 0.2) is 0 Å². The summed E-state index contributed by atoms with van der Waals surface area (Å²) in [7, 11) is 1.83. The first-order valence-electron chi connectivity index (χ1n) is 5.10. The van der Waals surface area contributed by atoms with Gasteiger partial charge in [0.25, 0.3) is 0 Å². The van der Waals surface area contributed by atoms with Gasteiger partial charge in [-0.25, -0.2) is 0 Å². The molecule has 12 heavy (non-hydrogen) atoms. The number of rotatable bonds is 4. The molecule has 1 fully saturated rings. The maximum absolute atomic E-state index is 5.37. The lowest BCUT2D eigenvalue weighted by Crippen LogP contribution is -2.29. The monoisotopic (exact) mass is 171 g/mol. The highest BCUT2D eigenvalue weighted by Gasteiger charge is 2.20. The van der Waals surface area contributed by atoms with Gasteiger partial charge in [-0.15, -0.1) is 0 Å². The fourth-order valence-corrected chi connectivity index (χ4v) is 1.99. The molecule has 0 spiro atoms. The van der Waals surface area contributed by atoms with Gasteiger partial charge in [-0.05, 0) is 38.3 Å². The Labute approximate surface area is 75.7 Å². The van der Waals surface area contributed by atoms with Crippen LogP contribution in [0.4, 0.5) is 0 Å². The van der Waals surface area contributed by atoms with Crippen molar-refractivity contribution in [3.8, 4) is 0 Å². The van der Waals surface area contributed by atoms with Crippen molar-refractivity contribution in [3.63, 3.8) is 0 Å². The van der Waals surface area contributed by atoms with Gasteiger partial charge >= 0.3 is 0 Å². The van der Waals surface area contributed by atoms with E-state index >= 15 is 0 Å². The summed E-state index contributed by atoms with van der Waals surface area (Å²) < 4.78 is 5.37. The van der Waals surface area contributed by atoms with Gasteiger partial charge in [0.2, 0.25) is 0 Å². The molecule has 0 aromatic heterocycles. The largest absolute Gasteiger partial charge is 0.381 e. The maximum atomic E-state index is 5.37. The molecule has 0 aliphatic heterocycles. The SMILES string of the molecule is CCNCC1CCCC(OC)C1. The number of methoxy groups -OCH3 is 1. The van der Waals surface area contributed by atoms with Crippen LogP contribution >= 0.6 is 0 Å². The molecule has 1 N–H and O–H groups in total. The highest BCUT2D eigenvalue weighted by atomic mass is 16.5. The van der Waals surface area contributed by atoms with Crippen molar-refractivity contribution in [1.82, 2.24) is 5.32 Å². The molecule has 72 valence electrons. The summed E-state index contributed by atoms with van der Waals surface area (Å²) in [4.78, 5) is 0. The van der Waals surface area contributed by atoms with E-state index in [9.17, 15) is 0 Å². The van der Waals surface area contributed by atoms with Crippen LogP contribution in [-0.4, -0.2) is 26.3 Å². The second-order valence-corrected chi connectivity index (χ2v) is 3.70. The van der Waals surface area contributed by atoms with Crippen molar-refractivity contribution in [2.24, 2.45) is 5.92 Å². The van der Waals surface area contributed by atoms with Gasteiger partial charge in [0.1, 0.15) is 0 Å². The fourth-order valence-electron chi connectivity index (χ4n) is 1.99. The Morgan fingerprint density at radius 1 is 1.42 bits per heavy atom. The van der Waals surface area contributed by atoms with Gasteiger partial charge in [0.15, 0.2) is 0 Å². The van der Waals surface area contributed by atoms with Crippen LogP contribution in [-0.2, 0) is 4.74 Å². The van der Waals surface area contributed by atoms with Gasteiger partial charge in [0.05, 0.1) is 6.10 Å². The third-order valence-electron chi connectivity index (χ3n) is 2.75. The average molecular weight is 171 g/mol. The number of hydrogen-bond acceptors (Lipinski definition) is 2. The Morgan fingerprint density at radius 3 is 2.92 bits per heavy atom. The number of hydrogen-bond donors (Lipinski definition) is 1. The lowest BCUT2D eigenvalue weighted by atomic mass is 9.87. The van der Waals surface area contributed by atoms with Gasteiger partial charge < -0.3 is 10.1 Å². The predicted octanol–water partition coefficient (Wildman–Crippen LogP) is 1.80. The second kappa shape index (κ2) is 5.55. The molecule has 0 saturated heterocycles. The summed E-state index contributed by atoms with van der Waals surface area (Å²) in [6.45, 7) is 4.43. The molecule has 1 saturated carbocycles. The Balaban J connectivity index is 2.16. The van der Waals surface area contributed by atoms with E-state index in [1.54, 1.807) is 0 Å². The zero-order valence-corrected chi connectivity index (χ0v) is 8.31. The zero-order valence-electron chi connectivity index (χ0n) is 8.31. The minimum Gasteiger partial charge on any atom is -0.381 e. The van der Waals surface area contributed by atoms with Crippen LogP contribution in [0.25, 0.3) is 0 Å². The van der Waals surface area contributed by atoms with Crippen molar-refractivity contribution in [2.75, 3.05) is 20.2 Å². The van der Waals surface area contributed by atoms with Gasteiger partial charge in [-0.3, -0.25) is 0 Å². The minimum atomic E-state index is 0.530. The first-order valence-corrected chi connectivity index (χ1v) is 5.10. The van der Waals surface area contributed by atoms with Crippen molar-refractivity contribution < 1.29 is 4.74 Å². The first kappa shape index (κ1) is 10.0. The van der Waals surface area contributed by atoms with Crippen molar-refractivity contribution in [1.29, 1.82) is 0 Å².